The van der Waals surface area contributed by atoms with Crippen LogP contribution in [0.2, 0.25) is 0 Å². The van der Waals surface area contributed by atoms with Gasteiger partial charge in [0.25, 0.3) is 0 Å². The summed E-state index contributed by atoms with van der Waals surface area (Å²) in [5.74, 6) is -3.34. The molecule has 0 aliphatic carbocycles. The zero-order chi connectivity index (χ0) is 9.30. The van der Waals surface area contributed by atoms with E-state index < -0.39 is 27.6 Å². The van der Waals surface area contributed by atoms with Gasteiger partial charge in [0.1, 0.15) is 5.82 Å². The quantitative estimate of drug-likeness (QED) is 0.761. The highest BCUT2D eigenvalue weighted by molar-refractivity contribution is 9.10. The molecule has 0 aromatic heterocycles. The predicted molar refractivity (Wildman–Crippen MR) is 41.0 cm³/mol. The summed E-state index contributed by atoms with van der Waals surface area (Å²) in [6.07, 6.45) is 0. The SMILES string of the molecule is O=C(O)c1ccc(F)c(Br)c1F. The minimum atomic E-state index is -1.42. The van der Waals surface area contributed by atoms with Gasteiger partial charge in [0, 0.05) is 0 Å². The summed E-state index contributed by atoms with van der Waals surface area (Å²) in [5.41, 5.74) is -0.553. The van der Waals surface area contributed by atoms with E-state index in [1.807, 2.05) is 0 Å². The van der Waals surface area contributed by atoms with Crippen LogP contribution >= 0.6 is 15.9 Å². The molecule has 0 heterocycles. The lowest BCUT2D eigenvalue weighted by atomic mass is 10.2. The van der Waals surface area contributed by atoms with Gasteiger partial charge >= 0.3 is 5.97 Å². The van der Waals surface area contributed by atoms with E-state index in [-0.39, 0.29) is 0 Å². The second-order valence-corrected chi connectivity index (χ2v) is 2.82. The number of carboxylic acids is 1. The first-order valence-corrected chi connectivity index (χ1v) is 3.70. The first-order chi connectivity index (χ1) is 5.54. The van der Waals surface area contributed by atoms with E-state index in [1.54, 1.807) is 0 Å². The highest BCUT2D eigenvalue weighted by Crippen LogP contribution is 2.22. The van der Waals surface area contributed by atoms with Gasteiger partial charge in [0.15, 0.2) is 5.82 Å². The second-order valence-electron chi connectivity index (χ2n) is 2.03. The maximum atomic E-state index is 12.8. The van der Waals surface area contributed by atoms with Crippen LogP contribution in [0.5, 0.6) is 0 Å². The maximum Gasteiger partial charge on any atom is 0.338 e. The van der Waals surface area contributed by atoms with E-state index in [9.17, 15) is 13.6 Å². The number of hydrogen-bond donors (Lipinski definition) is 1. The third-order valence-electron chi connectivity index (χ3n) is 1.27. The Hall–Kier alpha value is -0.970. The summed E-state index contributed by atoms with van der Waals surface area (Å²) in [7, 11) is 0. The summed E-state index contributed by atoms with van der Waals surface area (Å²) in [4.78, 5) is 10.3. The van der Waals surface area contributed by atoms with Gasteiger partial charge in [-0.2, -0.15) is 0 Å². The lowest BCUT2D eigenvalue weighted by Crippen LogP contribution is -2.01. The minimum absolute atomic E-state index is 0.456. The van der Waals surface area contributed by atoms with Gasteiger partial charge < -0.3 is 5.11 Å². The summed E-state index contributed by atoms with van der Waals surface area (Å²) in [5, 5.41) is 8.40. The Labute approximate surface area is 75.0 Å². The van der Waals surface area contributed by atoms with Crippen molar-refractivity contribution in [2.24, 2.45) is 0 Å². The van der Waals surface area contributed by atoms with Crippen LogP contribution < -0.4 is 0 Å². The maximum absolute atomic E-state index is 12.8. The number of hydrogen-bond acceptors (Lipinski definition) is 1. The number of carbonyl (C=O) groups is 1. The van der Waals surface area contributed by atoms with Crippen molar-refractivity contribution in [3.05, 3.63) is 33.8 Å². The zero-order valence-electron chi connectivity index (χ0n) is 5.64. The Morgan fingerprint density at radius 3 is 2.50 bits per heavy atom. The lowest BCUT2D eigenvalue weighted by molar-refractivity contribution is 0.0691. The van der Waals surface area contributed by atoms with Crippen molar-refractivity contribution in [3.63, 3.8) is 0 Å². The topological polar surface area (TPSA) is 37.3 Å². The molecule has 0 aliphatic heterocycles. The van der Waals surface area contributed by atoms with Crippen LogP contribution in [0.3, 0.4) is 0 Å². The van der Waals surface area contributed by atoms with E-state index in [0.717, 1.165) is 12.1 Å². The lowest BCUT2D eigenvalue weighted by Gasteiger charge is -1.99. The average molecular weight is 237 g/mol. The molecule has 0 saturated heterocycles. The van der Waals surface area contributed by atoms with Crippen molar-refractivity contribution in [2.75, 3.05) is 0 Å². The van der Waals surface area contributed by atoms with Crippen molar-refractivity contribution < 1.29 is 18.7 Å². The van der Waals surface area contributed by atoms with Gasteiger partial charge in [0.2, 0.25) is 0 Å². The number of rotatable bonds is 1. The molecular weight excluding hydrogens is 234 g/mol. The third kappa shape index (κ3) is 1.45. The summed E-state index contributed by atoms with van der Waals surface area (Å²) < 4.78 is 24.9. The van der Waals surface area contributed by atoms with E-state index in [1.165, 1.54) is 0 Å². The molecule has 0 atom stereocenters. The van der Waals surface area contributed by atoms with E-state index in [4.69, 9.17) is 5.11 Å². The fraction of sp³-hybridized carbons (Fsp3) is 0. The molecule has 5 heteroatoms. The van der Waals surface area contributed by atoms with Gasteiger partial charge in [-0.25, -0.2) is 13.6 Å². The molecule has 1 rings (SSSR count). The first-order valence-electron chi connectivity index (χ1n) is 2.91. The van der Waals surface area contributed by atoms with Crippen LogP contribution in [-0.2, 0) is 0 Å². The molecule has 0 fully saturated rings. The van der Waals surface area contributed by atoms with Crippen molar-refractivity contribution in [1.29, 1.82) is 0 Å². The molecule has 1 N–H and O–H groups in total. The highest BCUT2D eigenvalue weighted by atomic mass is 79.9. The largest absolute Gasteiger partial charge is 0.478 e. The first kappa shape index (κ1) is 9.12. The van der Waals surface area contributed by atoms with E-state index in [0.29, 0.717) is 0 Å². The van der Waals surface area contributed by atoms with Crippen molar-refractivity contribution in [1.82, 2.24) is 0 Å². The molecule has 0 saturated carbocycles. The fourth-order valence-electron chi connectivity index (χ4n) is 0.691. The van der Waals surface area contributed by atoms with Gasteiger partial charge in [-0.15, -0.1) is 0 Å². The summed E-state index contributed by atoms with van der Waals surface area (Å²) >= 11 is 2.58. The number of halogens is 3. The van der Waals surface area contributed by atoms with Crippen LogP contribution in [-0.4, -0.2) is 11.1 Å². The van der Waals surface area contributed by atoms with Crippen LogP contribution in [0.1, 0.15) is 10.4 Å². The van der Waals surface area contributed by atoms with E-state index in [2.05, 4.69) is 15.9 Å². The van der Waals surface area contributed by atoms with Gasteiger partial charge in [-0.05, 0) is 28.1 Å². The Morgan fingerprint density at radius 2 is 2.00 bits per heavy atom. The summed E-state index contributed by atoms with van der Waals surface area (Å²) in [6, 6.07) is 1.76. The predicted octanol–water partition coefficient (Wildman–Crippen LogP) is 2.43. The van der Waals surface area contributed by atoms with Gasteiger partial charge in [0.05, 0.1) is 10.0 Å². The molecule has 64 valence electrons. The number of carboxylic acid groups (broad SMARTS) is 1. The van der Waals surface area contributed by atoms with Crippen molar-refractivity contribution >= 4 is 21.9 Å². The molecule has 0 amide bonds. The molecule has 0 spiro atoms. The van der Waals surface area contributed by atoms with Crippen LogP contribution in [0, 0.1) is 11.6 Å². The normalized spacial score (nSPS) is 9.92. The minimum Gasteiger partial charge on any atom is -0.478 e. The summed E-state index contributed by atoms with van der Waals surface area (Å²) in [6.45, 7) is 0. The Morgan fingerprint density at radius 1 is 1.42 bits per heavy atom. The average Bonchev–Trinajstić information content (AvgIpc) is 2.00. The molecular formula is C7H3BrF2O2. The molecule has 0 bridgehead atoms. The number of benzene rings is 1. The molecule has 0 unspecified atom stereocenters. The molecule has 0 aliphatic rings. The Kier molecular flexibility index (Phi) is 2.42. The number of aromatic carboxylic acids is 1. The molecule has 12 heavy (non-hydrogen) atoms. The van der Waals surface area contributed by atoms with Crippen LogP contribution in [0.15, 0.2) is 16.6 Å². The van der Waals surface area contributed by atoms with Crippen LogP contribution in [0.25, 0.3) is 0 Å². The van der Waals surface area contributed by atoms with Gasteiger partial charge in [-0.1, -0.05) is 0 Å². The zero-order valence-corrected chi connectivity index (χ0v) is 7.23. The van der Waals surface area contributed by atoms with Crippen molar-refractivity contribution in [2.45, 2.75) is 0 Å². The monoisotopic (exact) mass is 236 g/mol. The second kappa shape index (κ2) is 3.18. The molecule has 0 radical (unpaired) electrons. The fourth-order valence-corrected chi connectivity index (χ4v) is 1.04. The molecule has 1 aromatic rings. The smallest absolute Gasteiger partial charge is 0.338 e. The standard InChI is InChI=1S/C7H3BrF2O2/c8-5-4(9)2-1-3(6(5)10)7(11)12/h1-2H,(H,11,12). The van der Waals surface area contributed by atoms with Crippen molar-refractivity contribution in [3.8, 4) is 0 Å². The Balaban J connectivity index is 3.36. The van der Waals surface area contributed by atoms with Gasteiger partial charge in [-0.3, -0.25) is 0 Å². The highest BCUT2D eigenvalue weighted by Gasteiger charge is 2.15. The molecule has 1 aromatic carbocycles. The Bertz CT molecular complexity index is 338. The third-order valence-corrected chi connectivity index (χ3v) is 1.99. The van der Waals surface area contributed by atoms with E-state index >= 15 is 0 Å². The van der Waals surface area contributed by atoms with Crippen LogP contribution in [0.4, 0.5) is 8.78 Å². The molecule has 2 nitrogen and oxygen atoms in total.